The molecule has 2 aliphatic rings. The van der Waals surface area contributed by atoms with E-state index in [1.807, 2.05) is 30.3 Å². The molecule has 5 heteroatoms. The Morgan fingerprint density at radius 1 is 1.00 bits per heavy atom. The molecule has 2 fully saturated rings. The highest BCUT2D eigenvalue weighted by Gasteiger charge is 2.52. The fraction of sp³-hybridized carbons (Fsp3) is 0.652. The van der Waals surface area contributed by atoms with Crippen LogP contribution < -0.4 is 0 Å². The number of hydrogen-bond acceptors (Lipinski definition) is 3. The molecule has 5 nitrogen and oxygen atoms in total. The first-order valence-electron chi connectivity index (χ1n) is 10.8. The molecule has 28 heavy (non-hydrogen) atoms. The number of benzene rings is 1. The van der Waals surface area contributed by atoms with Crippen molar-refractivity contribution in [3.63, 3.8) is 0 Å². The first-order valence-corrected chi connectivity index (χ1v) is 10.8. The lowest BCUT2D eigenvalue weighted by atomic mass is 9.73. The second-order valence-electron chi connectivity index (χ2n) is 8.49. The van der Waals surface area contributed by atoms with Gasteiger partial charge in [0.05, 0.1) is 0 Å². The van der Waals surface area contributed by atoms with Crippen molar-refractivity contribution in [3.05, 3.63) is 35.9 Å². The lowest BCUT2D eigenvalue weighted by Crippen LogP contribution is -2.63. The molecule has 0 saturated heterocycles. The Morgan fingerprint density at radius 3 is 2.14 bits per heavy atom. The van der Waals surface area contributed by atoms with Gasteiger partial charge >= 0.3 is 12.1 Å². The third-order valence-electron chi connectivity index (χ3n) is 6.68. The monoisotopic (exact) mass is 387 g/mol. The van der Waals surface area contributed by atoms with Gasteiger partial charge < -0.3 is 9.84 Å². The SMILES string of the molecule is C[C@](C(=O)O)(C1CCCCC1)N(C(=O)OCc1ccccc1)C1CCCCC1. The maximum Gasteiger partial charge on any atom is 0.411 e. The number of rotatable bonds is 6. The normalized spacial score (nSPS) is 20.9. The van der Waals surface area contributed by atoms with E-state index in [4.69, 9.17) is 4.74 Å². The molecule has 0 aliphatic heterocycles. The number of carbonyl (C=O) groups is 2. The van der Waals surface area contributed by atoms with E-state index in [1.165, 1.54) is 0 Å². The van der Waals surface area contributed by atoms with E-state index in [-0.39, 0.29) is 18.6 Å². The van der Waals surface area contributed by atoms with Crippen LogP contribution in [0.25, 0.3) is 0 Å². The Hall–Kier alpha value is -2.04. The van der Waals surface area contributed by atoms with Crippen molar-refractivity contribution < 1.29 is 19.4 Å². The van der Waals surface area contributed by atoms with Gasteiger partial charge in [0.25, 0.3) is 0 Å². The molecule has 0 unspecified atom stereocenters. The second-order valence-corrected chi connectivity index (χ2v) is 8.49. The molecule has 1 aromatic carbocycles. The van der Waals surface area contributed by atoms with E-state index in [9.17, 15) is 14.7 Å². The number of hydrogen-bond donors (Lipinski definition) is 1. The minimum atomic E-state index is -1.21. The quantitative estimate of drug-likeness (QED) is 0.711. The highest BCUT2D eigenvalue weighted by molar-refractivity contribution is 5.84. The Morgan fingerprint density at radius 2 is 1.57 bits per heavy atom. The summed E-state index contributed by atoms with van der Waals surface area (Å²) in [5, 5.41) is 10.3. The summed E-state index contributed by atoms with van der Waals surface area (Å²) < 4.78 is 5.65. The summed E-state index contributed by atoms with van der Waals surface area (Å²) >= 11 is 0. The Bertz CT molecular complexity index is 650. The van der Waals surface area contributed by atoms with Gasteiger partial charge in [-0.25, -0.2) is 9.59 Å². The number of nitrogens with zero attached hydrogens (tertiary/aromatic N) is 1. The summed E-state index contributed by atoms with van der Waals surface area (Å²) in [5.41, 5.74) is -0.301. The fourth-order valence-electron chi connectivity index (χ4n) is 4.99. The number of carbonyl (C=O) groups excluding carboxylic acids is 1. The summed E-state index contributed by atoms with van der Waals surface area (Å²) in [6, 6.07) is 9.51. The van der Waals surface area contributed by atoms with Crippen LogP contribution in [0.15, 0.2) is 30.3 Å². The van der Waals surface area contributed by atoms with Crippen molar-refractivity contribution in [2.75, 3.05) is 0 Å². The van der Waals surface area contributed by atoms with Gasteiger partial charge in [-0.05, 0) is 44.1 Å². The van der Waals surface area contributed by atoms with Crippen molar-refractivity contribution >= 4 is 12.1 Å². The van der Waals surface area contributed by atoms with E-state index in [2.05, 4.69) is 0 Å². The van der Waals surface area contributed by atoms with Crippen molar-refractivity contribution in [2.24, 2.45) is 5.92 Å². The van der Waals surface area contributed by atoms with E-state index in [1.54, 1.807) is 11.8 Å². The fourth-order valence-corrected chi connectivity index (χ4v) is 4.99. The van der Waals surface area contributed by atoms with Gasteiger partial charge in [0, 0.05) is 6.04 Å². The molecule has 1 N–H and O–H groups in total. The summed E-state index contributed by atoms with van der Waals surface area (Å²) in [6.45, 7) is 1.92. The number of carboxylic acids is 1. The number of carboxylic acid groups (broad SMARTS) is 1. The molecule has 0 aromatic heterocycles. The summed E-state index contributed by atoms with van der Waals surface area (Å²) in [4.78, 5) is 27.4. The molecule has 3 rings (SSSR count). The molecule has 0 spiro atoms. The zero-order valence-electron chi connectivity index (χ0n) is 16.9. The van der Waals surface area contributed by atoms with Gasteiger partial charge in [-0.15, -0.1) is 0 Å². The Balaban J connectivity index is 1.85. The maximum absolute atomic E-state index is 13.2. The first kappa shape index (κ1) is 20.7. The van der Waals surface area contributed by atoms with E-state index < -0.39 is 17.6 Å². The van der Waals surface area contributed by atoms with E-state index >= 15 is 0 Å². The molecule has 1 amide bonds. The third kappa shape index (κ3) is 4.50. The molecule has 0 radical (unpaired) electrons. The van der Waals surface area contributed by atoms with Gasteiger partial charge in [-0.1, -0.05) is 68.9 Å². The van der Waals surface area contributed by atoms with Gasteiger partial charge in [-0.3, -0.25) is 4.90 Å². The zero-order chi connectivity index (χ0) is 20.0. The molecule has 2 saturated carbocycles. The predicted octanol–water partition coefficient (Wildman–Crippen LogP) is 5.38. The molecule has 2 aliphatic carbocycles. The third-order valence-corrected chi connectivity index (χ3v) is 6.68. The lowest BCUT2D eigenvalue weighted by molar-refractivity contribution is -0.157. The molecule has 0 heterocycles. The van der Waals surface area contributed by atoms with Crippen LogP contribution >= 0.6 is 0 Å². The first-order chi connectivity index (χ1) is 13.5. The summed E-state index contributed by atoms with van der Waals surface area (Å²) in [5.74, 6) is -0.924. The van der Waals surface area contributed by atoms with Crippen LogP contribution in [-0.2, 0) is 16.1 Å². The topological polar surface area (TPSA) is 66.8 Å². The Kier molecular flexibility index (Phi) is 6.97. The second kappa shape index (κ2) is 9.44. The minimum Gasteiger partial charge on any atom is -0.479 e. The summed E-state index contributed by atoms with van der Waals surface area (Å²) in [6.07, 6.45) is 9.38. The predicted molar refractivity (Wildman–Crippen MR) is 108 cm³/mol. The molecule has 1 atom stereocenters. The van der Waals surface area contributed by atoms with Gasteiger partial charge in [-0.2, -0.15) is 0 Å². The molecular formula is C23H33NO4. The average molecular weight is 388 g/mol. The average Bonchev–Trinajstić information content (AvgIpc) is 2.74. The van der Waals surface area contributed by atoms with E-state index in [0.29, 0.717) is 0 Å². The largest absolute Gasteiger partial charge is 0.479 e. The minimum absolute atomic E-state index is 0.0232. The maximum atomic E-state index is 13.2. The lowest BCUT2D eigenvalue weighted by Gasteiger charge is -2.48. The van der Waals surface area contributed by atoms with Crippen molar-refractivity contribution in [3.8, 4) is 0 Å². The standard InChI is InChI=1S/C23H33NO4/c1-23(21(25)26,19-13-7-3-8-14-19)24(20-15-9-4-10-16-20)22(27)28-17-18-11-5-2-6-12-18/h2,5-6,11-12,19-20H,3-4,7-10,13-17H2,1H3,(H,25,26)/t23-/m1/s1. The molecule has 154 valence electrons. The van der Waals surface area contributed by atoms with Crippen LogP contribution in [-0.4, -0.2) is 33.6 Å². The zero-order valence-corrected chi connectivity index (χ0v) is 16.9. The Labute approximate surface area is 168 Å². The van der Waals surface area contributed by atoms with Crippen LogP contribution in [0.3, 0.4) is 0 Å². The molecule has 0 bridgehead atoms. The van der Waals surface area contributed by atoms with Crippen LogP contribution in [0.2, 0.25) is 0 Å². The highest BCUT2D eigenvalue weighted by Crippen LogP contribution is 2.40. The summed E-state index contributed by atoms with van der Waals surface area (Å²) in [7, 11) is 0. The van der Waals surface area contributed by atoms with Gasteiger partial charge in [0.15, 0.2) is 0 Å². The van der Waals surface area contributed by atoms with Gasteiger partial charge in [0.2, 0.25) is 0 Å². The number of amides is 1. The van der Waals surface area contributed by atoms with Crippen LogP contribution in [0.1, 0.15) is 76.7 Å². The van der Waals surface area contributed by atoms with Crippen LogP contribution in [0.4, 0.5) is 4.79 Å². The number of ether oxygens (including phenoxy) is 1. The number of aliphatic carboxylic acids is 1. The van der Waals surface area contributed by atoms with Crippen LogP contribution in [0.5, 0.6) is 0 Å². The van der Waals surface area contributed by atoms with Crippen molar-refractivity contribution in [1.29, 1.82) is 0 Å². The van der Waals surface area contributed by atoms with E-state index in [0.717, 1.165) is 69.8 Å². The van der Waals surface area contributed by atoms with Crippen LogP contribution in [0, 0.1) is 5.92 Å². The molecule has 1 aromatic rings. The smallest absolute Gasteiger partial charge is 0.411 e. The van der Waals surface area contributed by atoms with Crippen molar-refractivity contribution in [2.45, 2.75) is 89.3 Å². The highest BCUT2D eigenvalue weighted by atomic mass is 16.6. The molecular weight excluding hydrogens is 354 g/mol. The van der Waals surface area contributed by atoms with Crippen molar-refractivity contribution in [1.82, 2.24) is 4.90 Å². The van der Waals surface area contributed by atoms with Gasteiger partial charge in [0.1, 0.15) is 12.1 Å².